The van der Waals surface area contributed by atoms with Gasteiger partial charge in [0.2, 0.25) is 0 Å². The first-order valence-electron chi connectivity index (χ1n) is 4.46. The van der Waals surface area contributed by atoms with Crippen LogP contribution in [0, 0.1) is 0 Å². The number of nitrogens with zero attached hydrogens (tertiary/aromatic N) is 2. The number of carboxylic acids is 1. The van der Waals surface area contributed by atoms with E-state index in [1.165, 1.54) is 17.5 Å². The molecule has 1 N–H and O–H groups in total. The molecule has 2 heterocycles. The number of rotatable bonds is 1. The Labute approximate surface area is 98.7 Å². The van der Waals surface area contributed by atoms with Gasteiger partial charge in [0.05, 0.1) is 15.2 Å². The van der Waals surface area contributed by atoms with Gasteiger partial charge >= 0.3 is 5.97 Å². The summed E-state index contributed by atoms with van der Waals surface area (Å²) in [7, 11) is 0. The molecule has 0 saturated heterocycles. The Kier molecular flexibility index (Phi) is 1.92. The Hall–Kier alpha value is -1.59. The van der Waals surface area contributed by atoms with Crippen LogP contribution >= 0.6 is 22.9 Å². The van der Waals surface area contributed by atoms with Gasteiger partial charge in [0.15, 0.2) is 10.7 Å². The highest BCUT2D eigenvalue weighted by atomic mass is 35.5. The van der Waals surface area contributed by atoms with Crippen LogP contribution in [0.5, 0.6) is 0 Å². The molecule has 0 unspecified atom stereocenters. The highest BCUT2D eigenvalue weighted by Gasteiger charge is 2.14. The summed E-state index contributed by atoms with van der Waals surface area (Å²) < 4.78 is 2.71. The topological polar surface area (TPSA) is 54.6 Å². The van der Waals surface area contributed by atoms with E-state index in [0.29, 0.717) is 9.98 Å². The molecule has 0 saturated carbocycles. The predicted molar refractivity (Wildman–Crippen MR) is 62.5 cm³/mol. The number of para-hydroxylation sites is 1. The molecule has 2 aromatic heterocycles. The van der Waals surface area contributed by atoms with Crippen LogP contribution in [-0.2, 0) is 0 Å². The number of benzene rings is 1. The van der Waals surface area contributed by atoms with E-state index in [1.54, 1.807) is 10.5 Å². The summed E-state index contributed by atoms with van der Waals surface area (Å²) in [4.78, 5) is 15.4. The van der Waals surface area contributed by atoms with Crippen molar-refractivity contribution in [2.24, 2.45) is 0 Å². The van der Waals surface area contributed by atoms with Crippen LogP contribution < -0.4 is 0 Å². The van der Waals surface area contributed by atoms with Gasteiger partial charge < -0.3 is 5.11 Å². The molecule has 0 bridgehead atoms. The maximum Gasteiger partial charge on any atom is 0.356 e. The van der Waals surface area contributed by atoms with Crippen LogP contribution in [-0.4, -0.2) is 20.5 Å². The third-order valence-electron chi connectivity index (χ3n) is 2.28. The lowest BCUT2D eigenvalue weighted by Gasteiger charge is -1.93. The van der Waals surface area contributed by atoms with E-state index >= 15 is 0 Å². The fraction of sp³-hybridized carbons (Fsp3) is 0. The SMILES string of the molecule is O=C(O)c1cn2c(n1)sc1cccc(Cl)c12. The number of carbonyl (C=O) groups is 1. The normalized spacial score (nSPS) is 11.3. The summed E-state index contributed by atoms with van der Waals surface area (Å²) in [6.07, 6.45) is 1.49. The van der Waals surface area contributed by atoms with Gasteiger partial charge in [0.25, 0.3) is 0 Å². The standard InChI is InChI=1S/C10H5ClN2O2S/c11-5-2-1-3-7-8(5)13-4-6(9(14)15)12-10(13)16-7/h1-4H,(H,14,15). The number of aromatic carboxylic acids is 1. The fourth-order valence-electron chi connectivity index (χ4n) is 1.61. The van der Waals surface area contributed by atoms with Gasteiger partial charge in [-0.1, -0.05) is 29.0 Å². The second-order valence-corrected chi connectivity index (χ2v) is 4.69. The Morgan fingerprint density at radius 3 is 3.06 bits per heavy atom. The molecule has 0 atom stereocenters. The molecule has 0 aliphatic carbocycles. The van der Waals surface area contributed by atoms with Gasteiger partial charge in [0.1, 0.15) is 0 Å². The maximum absolute atomic E-state index is 10.8. The van der Waals surface area contributed by atoms with Crippen molar-refractivity contribution >= 4 is 44.1 Å². The maximum atomic E-state index is 10.8. The van der Waals surface area contributed by atoms with Crippen LogP contribution in [0.3, 0.4) is 0 Å². The predicted octanol–water partition coefficient (Wildman–Crippen LogP) is 2.90. The second kappa shape index (κ2) is 3.20. The number of aromatic nitrogens is 2. The Balaban J connectivity index is 2.46. The third kappa shape index (κ3) is 1.22. The van der Waals surface area contributed by atoms with E-state index in [2.05, 4.69) is 4.98 Å². The monoisotopic (exact) mass is 252 g/mol. The van der Waals surface area contributed by atoms with Crippen LogP contribution in [0.2, 0.25) is 5.02 Å². The van der Waals surface area contributed by atoms with Crippen molar-refractivity contribution in [1.29, 1.82) is 0 Å². The van der Waals surface area contributed by atoms with Crippen molar-refractivity contribution in [3.8, 4) is 0 Å². The molecule has 80 valence electrons. The summed E-state index contributed by atoms with van der Waals surface area (Å²) in [6.45, 7) is 0. The first-order valence-corrected chi connectivity index (χ1v) is 5.65. The molecule has 1 aromatic carbocycles. The van der Waals surface area contributed by atoms with Crippen LogP contribution in [0.25, 0.3) is 15.2 Å². The lowest BCUT2D eigenvalue weighted by atomic mass is 10.3. The van der Waals surface area contributed by atoms with Gasteiger partial charge in [-0.05, 0) is 12.1 Å². The second-order valence-electron chi connectivity index (χ2n) is 3.27. The molecule has 16 heavy (non-hydrogen) atoms. The molecule has 0 aliphatic rings. The molecule has 0 aliphatic heterocycles. The Morgan fingerprint density at radius 2 is 2.31 bits per heavy atom. The number of fused-ring (bicyclic) bond motifs is 3. The van der Waals surface area contributed by atoms with Crippen LogP contribution in [0.4, 0.5) is 0 Å². The summed E-state index contributed by atoms with van der Waals surface area (Å²) >= 11 is 7.49. The van der Waals surface area contributed by atoms with Crippen molar-refractivity contribution < 1.29 is 9.90 Å². The molecular formula is C10H5ClN2O2S. The number of hydrogen-bond acceptors (Lipinski definition) is 3. The van der Waals surface area contributed by atoms with Gasteiger partial charge in [0, 0.05) is 6.20 Å². The quantitative estimate of drug-likeness (QED) is 0.725. The summed E-state index contributed by atoms with van der Waals surface area (Å²) in [5.41, 5.74) is 0.845. The lowest BCUT2D eigenvalue weighted by molar-refractivity contribution is 0.0691. The zero-order valence-electron chi connectivity index (χ0n) is 7.85. The zero-order chi connectivity index (χ0) is 11.3. The van der Waals surface area contributed by atoms with Crippen molar-refractivity contribution in [1.82, 2.24) is 9.38 Å². The molecule has 0 spiro atoms. The van der Waals surface area contributed by atoms with E-state index in [4.69, 9.17) is 16.7 Å². The van der Waals surface area contributed by atoms with Gasteiger partial charge in [-0.25, -0.2) is 9.78 Å². The Bertz CT molecular complexity index is 716. The lowest BCUT2D eigenvalue weighted by Crippen LogP contribution is -1.95. The zero-order valence-corrected chi connectivity index (χ0v) is 9.42. The molecular weight excluding hydrogens is 248 g/mol. The molecule has 0 fully saturated rings. The molecule has 3 rings (SSSR count). The van der Waals surface area contributed by atoms with E-state index < -0.39 is 5.97 Å². The number of halogens is 1. The van der Waals surface area contributed by atoms with Crippen molar-refractivity contribution in [2.45, 2.75) is 0 Å². The average molecular weight is 253 g/mol. The smallest absolute Gasteiger partial charge is 0.356 e. The highest BCUT2D eigenvalue weighted by Crippen LogP contribution is 2.31. The average Bonchev–Trinajstić information content (AvgIpc) is 2.73. The summed E-state index contributed by atoms with van der Waals surface area (Å²) in [5.74, 6) is -1.03. The Morgan fingerprint density at radius 1 is 1.50 bits per heavy atom. The van der Waals surface area contributed by atoms with Crippen molar-refractivity contribution in [3.05, 3.63) is 35.1 Å². The third-order valence-corrected chi connectivity index (χ3v) is 3.61. The minimum absolute atomic E-state index is 0.0352. The van der Waals surface area contributed by atoms with Crippen molar-refractivity contribution in [2.75, 3.05) is 0 Å². The molecule has 6 heteroatoms. The van der Waals surface area contributed by atoms with E-state index in [9.17, 15) is 4.79 Å². The number of imidazole rings is 1. The fourth-order valence-corrected chi connectivity index (χ4v) is 2.96. The molecule has 0 radical (unpaired) electrons. The number of hydrogen-bond donors (Lipinski definition) is 1. The minimum Gasteiger partial charge on any atom is -0.476 e. The van der Waals surface area contributed by atoms with E-state index in [1.807, 2.05) is 12.1 Å². The van der Waals surface area contributed by atoms with Crippen molar-refractivity contribution in [3.63, 3.8) is 0 Å². The van der Waals surface area contributed by atoms with Gasteiger partial charge in [-0.15, -0.1) is 0 Å². The molecule has 3 aromatic rings. The van der Waals surface area contributed by atoms with Crippen LogP contribution in [0.1, 0.15) is 10.5 Å². The minimum atomic E-state index is -1.03. The van der Waals surface area contributed by atoms with E-state index in [-0.39, 0.29) is 5.69 Å². The largest absolute Gasteiger partial charge is 0.476 e. The van der Waals surface area contributed by atoms with E-state index in [0.717, 1.165) is 10.2 Å². The summed E-state index contributed by atoms with van der Waals surface area (Å²) in [5, 5.41) is 9.44. The first-order chi connectivity index (χ1) is 7.66. The van der Waals surface area contributed by atoms with Crippen LogP contribution in [0.15, 0.2) is 24.4 Å². The number of thiazole rings is 1. The highest BCUT2D eigenvalue weighted by molar-refractivity contribution is 7.23. The van der Waals surface area contributed by atoms with Gasteiger partial charge in [-0.2, -0.15) is 0 Å². The molecule has 0 amide bonds. The van der Waals surface area contributed by atoms with Gasteiger partial charge in [-0.3, -0.25) is 4.40 Å². The molecule has 4 nitrogen and oxygen atoms in total. The number of carboxylic acid groups (broad SMARTS) is 1. The summed E-state index contributed by atoms with van der Waals surface area (Å²) in [6, 6.07) is 5.57. The first kappa shape index (κ1) is 9.62.